The van der Waals surface area contributed by atoms with Gasteiger partial charge in [-0.1, -0.05) is 292 Å². The molecule has 17 nitrogen and oxygen atoms in total. The number of rotatable bonds is 67. The lowest BCUT2D eigenvalue weighted by Gasteiger charge is -2.21. The van der Waals surface area contributed by atoms with Gasteiger partial charge in [-0.05, 0) is 43.4 Å². The van der Waals surface area contributed by atoms with E-state index in [1.54, 1.807) is 0 Å². The molecule has 0 aliphatic heterocycles. The minimum atomic E-state index is -4.95. The van der Waals surface area contributed by atoms with Gasteiger partial charge in [-0.2, -0.15) is 0 Å². The monoisotopic (exact) mass is 1300 g/mol. The molecular weight excluding hydrogens is 1160 g/mol. The normalized spacial score (nSPS) is 14.5. The number of hydrogen-bond donors (Lipinski definition) is 3. The topological polar surface area (TPSA) is 237 Å². The molecule has 522 valence electrons. The standard InChI is InChI=1S/C69H134O17P2/c1-8-10-11-33-43-50-66(71)79-56-64(86-69(74)53-46-39-32-31-36-42-49-62(7)9-2)58-83-87(75,76)81-54-63(70)55-82-88(77,78)84-59-65(57-80-67(72)51-44-37-29-25-21-18-14-16-20-24-28-35-41-48-61(5)6)85-68(73)52-45-38-30-26-22-17-13-12-15-19-23-27-34-40-47-60(3)4/h60-65,70H,8-59H2,1-7H3,(H,75,76)(H,77,78)/t62?,63-,64+,65+/m0/s1. The second-order valence-corrected chi connectivity index (χ2v) is 29.0. The molecule has 0 aliphatic carbocycles. The van der Waals surface area contributed by atoms with Crippen molar-refractivity contribution in [1.29, 1.82) is 0 Å². The van der Waals surface area contributed by atoms with E-state index in [1.807, 2.05) is 0 Å². The fourth-order valence-electron chi connectivity index (χ4n) is 10.3. The number of hydrogen-bond acceptors (Lipinski definition) is 15. The van der Waals surface area contributed by atoms with Crippen LogP contribution in [0.1, 0.15) is 344 Å². The van der Waals surface area contributed by atoms with Gasteiger partial charge in [0.15, 0.2) is 12.2 Å². The fourth-order valence-corrected chi connectivity index (χ4v) is 11.9. The Morgan fingerprint density at radius 1 is 0.330 bits per heavy atom. The molecule has 0 bridgehead atoms. The van der Waals surface area contributed by atoms with Crippen LogP contribution in [0.4, 0.5) is 0 Å². The van der Waals surface area contributed by atoms with Crippen molar-refractivity contribution in [2.24, 2.45) is 17.8 Å². The molecule has 6 atom stereocenters. The summed E-state index contributed by atoms with van der Waals surface area (Å²) < 4.78 is 68.0. The third kappa shape index (κ3) is 61.6. The summed E-state index contributed by atoms with van der Waals surface area (Å²) in [7, 11) is -9.89. The number of carbonyl (C=O) groups is 4. The maximum Gasteiger partial charge on any atom is 0.472 e. The van der Waals surface area contributed by atoms with Crippen LogP contribution in [0.5, 0.6) is 0 Å². The summed E-state index contributed by atoms with van der Waals surface area (Å²) in [5, 5.41) is 10.5. The third-order valence-electron chi connectivity index (χ3n) is 16.2. The molecule has 0 aromatic heterocycles. The number of phosphoric acid groups is 2. The summed E-state index contributed by atoms with van der Waals surface area (Å²) >= 11 is 0. The van der Waals surface area contributed by atoms with Crippen molar-refractivity contribution in [3.63, 3.8) is 0 Å². The minimum absolute atomic E-state index is 0.102. The van der Waals surface area contributed by atoms with E-state index < -0.39 is 97.5 Å². The van der Waals surface area contributed by atoms with Gasteiger partial charge in [0.2, 0.25) is 0 Å². The molecular formula is C69H134O17P2. The van der Waals surface area contributed by atoms with Crippen LogP contribution in [0.15, 0.2) is 0 Å². The summed E-state index contributed by atoms with van der Waals surface area (Å²) in [6.45, 7) is 11.7. The highest BCUT2D eigenvalue weighted by atomic mass is 31.2. The van der Waals surface area contributed by atoms with Crippen LogP contribution >= 0.6 is 15.6 Å². The lowest BCUT2D eigenvalue weighted by Crippen LogP contribution is -2.30. The zero-order valence-electron chi connectivity index (χ0n) is 57.2. The Morgan fingerprint density at radius 2 is 0.580 bits per heavy atom. The number of ether oxygens (including phenoxy) is 4. The van der Waals surface area contributed by atoms with Crippen molar-refractivity contribution in [3.05, 3.63) is 0 Å². The van der Waals surface area contributed by atoms with Crippen LogP contribution in [0, 0.1) is 17.8 Å². The van der Waals surface area contributed by atoms with Gasteiger partial charge in [-0.3, -0.25) is 37.3 Å². The fraction of sp³-hybridized carbons (Fsp3) is 0.942. The zero-order valence-corrected chi connectivity index (χ0v) is 59.0. The number of unbranched alkanes of at least 4 members (excludes halogenated alkanes) is 34. The molecule has 3 unspecified atom stereocenters. The van der Waals surface area contributed by atoms with Crippen molar-refractivity contribution in [2.75, 3.05) is 39.6 Å². The molecule has 0 amide bonds. The molecule has 0 saturated carbocycles. The predicted molar refractivity (Wildman–Crippen MR) is 354 cm³/mol. The Hall–Kier alpha value is -1.94. The second-order valence-electron chi connectivity index (χ2n) is 26.1. The summed E-state index contributed by atoms with van der Waals surface area (Å²) in [4.78, 5) is 72.2. The molecule has 0 aliphatic rings. The van der Waals surface area contributed by atoms with Gasteiger partial charge in [-0.25, -0.2) is 9.13 Å². The predicted octanol–water partition coefficient (Wildman–Crippen LogP) is 19.5. The van der Waals surface area contributed by atoms with Crippen LogP contribution in [-0.2, 0) is 65.4 Å². The lowest BCUT2D eigenvalue weighted by atomic mass is 10.00. The van der Waals surface area contributed by atoms with E-state index in [0.29, 0.717) is 25.7 Å². The maximum absolute atomic E-state index is 13.0. The Morgan fingerprint density at radius 3 is 0.864 bits per heavy atom. The van der Waals surface area contributed by atoms with Crippen molar-refractivity contribution >= 4 is 39.5 Å². The Labute approximate surface area is 537 Å². The smallest absolute Gasteiger partial charge is 0.462 e. The van der Waals surface area contributed by atoms with Crippen LogP contribution in [0.2, 0.25) is 0 Å². The molecule has 88 heavy (non-hydrogen) atoms. The molecule has 0 aromatic carbocycles. The average molecular weight is 1300 g/mol. The van der Waals surface area contributed by atoms with Crippen LogP contribution < -0.4 is 0 Å². The van der Waals surface area contributed by atoms with Crippen LogP contribution in [0.3, 0.4) is 0 Å². The molecule has 0 fully saturated rings. The molecule has 19 heteroatoms. The first-order valence-electron chi connectivity index (χ1n) is 35.9. The first-order chi connectivity index (χ1) is 42.3. The highest BCUT2D eigenvalue weighted by Gasteiger charge is 2.30. The first-order valence-corrected chi connectivity index (χ1v) is 38.9. The van der Waals surface area contributed by atoms with Crippen molar-refractivity contribution < 1.29 is 80.2 Å². The van der Waals surface area contributed by atoms with Gasteiger partial charge < -0.3 is 33.8 Å². The maximum atomic E-state index is 13.0. The Kier molecular flexibility index (Phi) is 58.7. The van der Waals surface area contributed by atoms with Crippen molar-refractivity contribution in [2.45, 2.75) is 362 Å². The summed E-state index contributed by atoms with van der Waals surface area (Å²) in [5.74, 6) is 0.166. The molecule has 0 rings (SSSR count). The number of aliphatic hydroxyl groups is 1. The molecule has 3 N–H and O–H groups in total. The van der Waals surface area contributed by atoms with Crippen LogP contribution in [-0.4, -0.2) is 96.7 Å². The molecule has 0 radical (unpaired) electrons. The first kappa shape index (κ1) is 86.1. The van der Waals surface area contributed by atoms with Gasteiger partial charge in [0.1, 0.15) is 19.3 Å². The average Bonchev–Trinajstić information content (AvgIpc) is 3.69. The SMILES string of the molecule is CCCCCCCC(=O)OC[C@H](COP(=O)(O)OC[C@H](O)COP(=O)(O)OC[C@@H](COC(=O)CCCCCCCCCCCCCCCC(C)C)OC(=O)CCCCCCCCCCCCCCCCC(C)C)OC(=O)CCCCCCCCC(C)CC. The van der Waals surface area contributed by atoms with E-state index in [-0.39, 0.29) is 25.7 Å². The Balaban J connectivity index is 5.16. The molecule has 0 saturated heterocycles. The van der Waals surface area contributed by atoms with E-state index in [9.17, 15) is 43.2 Å². The largest absolute Gasteiger partial charge is 0.472 e. The van der Waals surface area contributed by atoms with Gasteiger partial charge in [0.05, 0.1) is 26.4 Å². The minimum Gasteiger partial charge on any atom is -0.462 e. The molecule has 0 heterocycles. The van der Waals surface area contributed by atoms with Crippen molar-refractivity contribution in [3.8, 4) is 0 Å². The van der Waals surface area contributed by atoms with Gasteiger partial charge in [0.25, 0.3) is 0 Å². The number of aliphatic hydroxyl groups excluding tert-OH is 1. The summed E-state index contributed by atoms with van der Waals surface area (Å²) in [6.07, 6.45) is 43.5. The zero-order chi connectivity index (χ0) is 65.2. The van der Waals surface area contributed by atoms with E-state index in [2.05, 4.69) is 48.5 Å². The van der Waals surface area contributed by atoms with E-state index >= 15 is 0 Å². The van der Waals surface area contributed by atoms with Crippen LogP contribution in [0.25, 0.3) is 0 Å². The Bertz CT molecular complexity index is 1730. The van der Waals surface area contributed by atoms with E-state index in [1.165, 1.54) is 148 Å². The lowest BCUT2D eigenvalue weighted by molar-refractivity contribution is -0.161. The van der Waals surface area contributed by atoms with Gasteiger partial charge in [0, 0.05) is 25.7 Å². The third-order valence-corrected chi connectivity index (χ3v) is 18.1. The quantitative estimate of drug-likeness (QED) is 0.0222. The highest BCUT2D eigenvalue weighted by molar-refractivity contribution is 7.47. The second kappa shape index (κ2) is 60.0. The molecule has 0 aromatic rings. The van der Waals surface area contributed by atoms with E-state index in [0.717, 1.165) is 114 Å². The highest BCUT2D eigenvalue weighted by Crippen LogP contribution is 2.45. The number of carbonyl (C=O) groups excluding carboxylic acids is 4. The van der Waals surface area contributed by atoms with Crippen molar-refractivity contribution in [1.82, 2.24) is 0 Å². The van der Waals surface area contributed by atoms with Gasteiger partial charge in [-0.15, -0.1) is 0 Å². The number of esters is 4. The molecule has 0 spiro atoms. The summed E-state index contributed by atoms with van der Waals surface area (Å²) in [5.41, 5.74) is 0. The van der Waals surface area contributed by atoms with E-state index in [4.69, 9.17) is 37.0 Å². The number of phosphoric ester groups is 2. The van der Waals surface area contributed by atoms with Gasteiger partial charge >= 0.3 is 39.5 Å². The summed E-state index contributed by atoms with van der Waals surface area (Å²) in [6, 6.07) is 0.